The molecular formula is C19H25F3N6O. The van der Waals surface area contributed by atoms with Crippen LogP contribution >= 0.6 is 0 Å². The normalized spacial score (nSPS) is 17.2. The summed E-state index contributed by atoms with van der Waals surface area (Å²) in [6, 6.07) is 5.59. The van der Waals surface area contributed by atoms with Gasteiger partial charge in [-0.1, -0.05) is 18.2 Å². The highest BCUT2D eigenvalue weighted by atomic mass is 19.4. The summed E-state index contributed by atoms with van der Waals surface area (Å²) in [5.74, 6) is 1.29. The summed E-state index contributed by atoms with van der Waals surface area (Å²) in [4.78, 5) is 8.36. The van der Waals surface area contributed by atoms with Gasteiger partial charge < -0.3 is 15.4 Å². The average molecular weight is 410 g/mol. The SMILES string of the molecule is CN=C(NCc1ncnn1C)NCC1(c2cccc(C(F)(F)F)c2)CCOCC1. The largest absolute Gasteiger partial charge is 0.416 e. The maximum absolute atomic E-state index is 13.2. The number of alkyl halides is 3. The van der Waals surface area contributed by atoms with Gasteiger partial charge in [0.05, 0.1) is 12.1 Å². The van der Waals surface area contributed by atoms with E-state index in [1.165, 1.54) is 18.5 Å². The first kappa shape index (κ1) is 21.1. The summed E-state index contributed by atoms with van der Waals surface area (Å²) in [6.07, 6.45) is -1.65. The molecule has 0 radical (unpaired) electrons. The van der Waals surface area contributed by atoms with E-state index in [0.29, 0.717) is 50.7 Å². The third-order valence-corrected chi connectivity index (χ3v) is 5.29. The predicted molar refractivity (Wildman–Crippen MR) is 102 cm³/mol. The molecular weight excluding hydrogens is 385 g/mol. The first-order valence-corrected chi connectivity index (χ1v) is 9.37. The zero-order valence-corrected chi connectivity index (χ0v) is 16.5. The molecule has 0 spiro atoms. The monoisotopic (exact) mass is 410 g/mol. The number of ether oxygens (including phenoxy) is 1. The highest BCUT2D eigenvalue weighted by molar-refractivity contribution is 5.79. The van der Waals surface area contributed by atoms with E-state index < -0.39 is 17.2 Å². The maximum atomic E-state index is 13.2. The molecule has 2 aromatic rings. The van der Waals surface area contributed by atoms with Gasteiger partial charge in [0.2, 0.25) is 0 Å². The van der Waals surface area contributed by atoms with Crippen LogP contribution < -0.4 is 10.6 Å². The van der Waals surface area contributed by atoms with Crippen molar-refractivity contribution in [3.8, 4) is 0 Å². The molecule has 1 aromatic carbocycles. The molecule has 1 fully saturated rings. The topological polar surface area (TPSA) is 76.4 Å². The molecule has 1 aromatic heterocycles. The van der Waals surface area contributed by atoms with Crippen molar-refractivity contribution >= 4 is 5.96 Å². The van der Waals surface area contributed by atoms with Crippen molar-refractivity contribution in [2.45, 2.75) is 31.0 Å². The Labute approximate surface area is 167 Å². The molecule has 0 amide bonds. The van der Waals surface area contributed by atoms with Crippen LogP contribution in [-0.4, -0.2) is 47.5 Å². The number of halogens is 3. The van der Waals surface area contributed by atoms with Gasteiger partial charge in [0.25, 0.3) is 0 Å². The van der Waals surface area contributed by atoms with Crippen LogP contribution in [0.15, 0.2) is 35.6 Å². The quantitative estimate of drug-likeness (QED) is 0.584. The van der Waals surface area contributed by atoms with Gasteiger partial charge in [0, 0.05) is 39.3 Å². The van der Waals surface area contributed by atoms with Crippen LogP contribution in [-0.2, 0) is 29.9 Å². The molecule has 0 atom stereocenters. The Hall–Kier alpha value is -2.62. The third-order valence-electron chi connectivity index (χ3n) is 5.29. The Bertz CT molecular complexity index is 842. The van der Waals surface area contributed by atoms with Gasteiger partial charge in [-0.05, 0) is 24.5 Å². The van der Waals surface area contributed by atoms with Crippen molar-refractivity contribution in [1.29, 1.82) is 0 Å². The van der Waals surface area contributed by atoms with Gasteiger partial charge in [-0.15, -0.1) is 0 Å². The fourth-order valence-corrected chi connectivity index (χ4v) is 3.47. The van der Waals surface area contributed by atoms with Crippen molar-refractivity contribution in [3.05, 3.63) is 47.5 Å². The van der Waals surface area contributed by atoms with Crippen molar-refractivity contribution in [1.82, 2.24) is 25.4 Å². The molecule has 2 N–H and O–H groups in total. The summed E-state index contributed by atoms with van der Waals surface area (Å²) in [6.45, 7) is 1.87. The number of nitrogens with zero attached hydrogens (tertiary/aromatic N) is 4. The molecule has 0 aliphatic carbocycles. The zero-order valence-electron chi connectivity index (χ0n) is 16.5. The summed E-state index contributed by atoms with van der Waals surface area (Å²) < 4.78 is 46.8. The minimum absolute atomic E-state index is 0.426. The number of hydrogen-bond donors (Lipinski definition) is 2. The van der Waals surface area contributed by atoms with E-state index in [0.717, 1.165) is 11.9 Å². The highest BCUT2D eigenvalue weighted by Gasteiger charge is 2.37. The standard InChI is InChI=1S/C19H25F3N6O/c1-23-17(24-11-16-26-13-27-28(16)2)25-12-18(6-8-29-9-7-18)14-4-3-5-15(10-14)19(20,21)22/h3-5,10,13H,6-9,11-12H2,1-2H3,(H2,23,24,25). The second-order valence-electron chi connectivity index (χ2n) is 7.05. The summed E-state index contributed by atoms with van der Waals surface area (Å²) in [7, 11) is 3.44. The minimum Gasteiger partial charge on any atom is -0.381 e. The number of benzene rings is 1. The smallest absolute Gasteiger partial charge is 0.381 e. The van der Waals surface area contributed by atoms with E-state index >= 15 is 0 Å². The van der Waals surface area contributed by atoms with Crippen LogP contribution in [0.4, 0.5) is 13.2 Å². The molecule has 29 heavy (non-hydrogen) atoms. The van der Waals surface area contributed by atoms with Crippen LogP contribution in [0.3, 0.4) is 0 Å². The van der Waals surface area contributed by atoms with Gasteiger partial charge in [-0.25, -0.2) is 4.98 Å². The van der Waals surface area contributed by atoms with E-state index in [-0.39, 0.29) is 0 Å². The van der Waals surface area contributed by atoms with Gasteiger partial charge in [0.1, 0.15) is 12.2 Å². The summed E-state index contributed by atoms with van der Waals surface area (Å²) in [5, 5.41) is 10.4. The lowest BCUT2D eigenvalue weighted by molar-refractivity contribution is -0.137. The van der Waals surface area contributed by atoms with Crippen molar-refractivity contribution in [2.75, 3.05) is 26.8 Å². The molecule has 7 nitrogen and oxygen atoms in total. The van der Waals surface area contributed by atoms with Gasteiger partial charge >= 0.3 is 6.18 Å². The lowest BCUT2D eigenvalue weighted by Crippen LogP contribution is -2.48. The molecule has 0 unspecified atom stereocenters. The number of guanidine groups is 1. The van der Waals surface area contributed by atoms with E-state index in [2.05, 4.69) is 25.7 Å². The zero-order chi connectivity index (χ0) is 20.9. The number of rotatable bonds is 5. The molecule has 3 rings (SSSR count). The first-order valence-electron chi connectivity index (χ1n) is 9.37. The lowest BCUT2D eigenvalue weighted by atomic mass is 9.73. The van der Waals surface area contributed by atoms with Crippen LogP contribution in [0, 0.1) is 0 Å². The van der Waals surface area contributed by atoms with Gasteiger partial charge in [-0.2, -0.15) is 18.3 Å². The summed E-state index contributed by atoms with van der Waals surface area (Å²) in [5.41, 5.74) is -0.445. The van der Waals surface area contributed by atoms with Crippen LogP contribution in [0.25, 0.3) is 0 Å². The van der Waals surface area contributed by atoms with Gasteiger partial charge in [-0.3, -0.25) is 9.67 Å². The highest BCUT2D eigenvalue weighted by Crippen LogP contribution is 2.37. The number of aromatic nitrogens is 3. The molecule has 10 heteroatoms. The molecule has 1 aliphatic rings. The first-order chi connectivity index (χ1) is 13.8. The Balaban J connectivity index is 1.74. The van der Waals surface area contributed by atoms with E-state index in [1.807, 2.05) is 0 Å². The Morgan fingerprint density at radius 3 is 2.66 bits per heavy atom. The fraction of sp³-hybridized carbons (Fsp3) is 0.526. The average Bonchev–Trinajstić information content (AvgIpc) is 3.13. The van der Waals surface area contributed by atoms with Crippen molar-refractivity contribution < 1.29 is 17.9 Å². The number of nitrogens with one attached hydrogen (secondary N) is 2. The van der Waals surface area contributed by atoms with Crippen molar-refractivity contribution in [3.63, 3.8) is 0 Å². The van der Waals surface area contributed by atoms with Crippen LogP contribution in [0.5, 0.6) is 0 Å². The molecule has 0 saturated carbocycles. The Morgan fingerprint density at radius 1 is 1.28 bits per heavy atom. The van der Waals surface area contributed by atoms with Gasteiger partial charge in [0.15, 0.2) is 5.96 Å². The van der Waals surface area contributed by atoms with Crippen LogP contribution in [0.1, 0.15) is 29.8 Å². The second-order valence-corrected chi connectivity index (χ2v) is 7.05. The second kappa shape index (κ2) is 8.81. The van der Waals surface area contributed by atoms with E-state index in [1.54, 1.807) is 24.8 Å². The molecule has 1 aliphatic heterocycles. The molecule has 158 valence electrons. The Kier molecular flexibility index (Phi) is 6.41. The van der Waals surface area contributed by atoms with Crippen LogP contribution in [0.2, 0.25) is 0 Å². The lowest BCUT2D eigenvalue weighted by Gasteiger charge is -2.38. The third kappa shape index (κ3) is 5.06. The van der Waals surface area contributed by atoms with E-state index in [9.17, 15) is 13.2 Å². The summed E-state index contributed by atoms with van der Waals surface area (Å²) >= 11 is 0. The molecule has 2 heterocycles. The predicted octanol–water partition coefficient (Wildman–Crippen LogP) is 2.25. The fourth-order valence-electron chi connectivity index (χ4n) is 3.47. The number of aryl methyl sites for hydroxylation is 1. The maximum Gasteiger partial charge on any atom is 0.416 e. The molecule has 0 bridgehead atoms. The number of aliphatic imine (C=N–C) groups is 1. The Morgan fingerprint density at radius 2 is 2.03 bits per heavy atom. The van der Waals surface area contributed by atoms with Crippen molar-refractivity contribution in [2.24, 2.45) is 12.0 Å². The molecule has 1 saturated heterocycles. The number of hydrogen-bond acceptors (Lipinski definition) is 4. The minimum atomic E-state index is -4.37. The van der Waals surface area contributed by atoms with E-state index in [4.69, 9.17) is 4.74 Å².